The second kappa shape index (κ2) is 4.47. The van der Waals surface area contributed by atoms with Crippen molar-refractivity contribution in [1.29, 1.82) is 0 Å². The molecule has 2 aromatic rings. The van der Waals surface area contributed by atoms with Gasteiger partial charge in [0.15, 0.2) is 5.58 Å². The summed E-state index contributed by atoms with van der Waals surface area (Å²) in [5, 5.41) is 3.31. The lowest BCUT2D eigenvalue weighted by molar-refractivity contribution is 0.288. The van der Waals surface area contributed by atoms with Crippen molar-refractivity contribution in [2.75, 3.05) is 20.1 Å². The number of nitrogens with zero attached hydrogens (tertiary/aromatic N) is 2. The number of hydrogen-bond acceptors (Lipinski definition) is 4. The number of rotatable bonds is 3. The molecular weight excluding hydrogens is 214 g/mol. The second-order valence-corrected chi connectivity index (χ2v) is 4.58. The third-order valence-corrected chi connectivity index (χ3v) is 3.38. The van der Waals surface area contributed by atoms with E-state index in [2.05, 4.69) is 15.2 Å². The SMILES string of the molecule is CNC1CCN(Cc2nc3ccccc3o2)C1. The van der Waals surface area contributed by atoms with E-state index in [1.165, 1.54) is 6.42 Å². The summed E-state index contributed by atoms with van der Waals surface area (Å²) in [6, 6.07) is 8.53. The van der Waals surface area contributed by atoms with E-state index in [4.69, 9.17) is 4.42 Å². The van der Waals surface area contributed by atoms with Gasteiger partial charge in [-0.15, -0.1) is 0 Å². The molecule has 2 heterocycles. The molecule has 0 spiro atoms. The van der Waals surface area contributed by atoms with Crippen LogP contribution in [0.2, 0.25) is 0 Å². The van der Waals surface area contributed by atoms with Gasteiger partial charge >= 0.3 is 0 Å². The third-order valence-electron chi connectivity index (χ3n) is 3.38. The minimum Gasteiger partial charge on any atom is -0.439 e. The molecule has 4 heteroatoms. The fourth-order valence-electron chi connectivity index (χ4n) is 2.39. The van der Waals surface area contributed by atoms with E-state index in [1.807, 2.05) is 31.3 Å². The molecule has 1 aliphatic heterocycles. The first-order valence-corrected chi connectivity index (χ1v) is 6.09. The van der Waals surface area contributed by atoms with E-state index in [0.717, 1.165) is 36.6 Å². The standard InChI is InChI=1S/C13H17N3O/c1-14-10-6-7-16(8-10)9-13-15-11-4-2-3-5-12(11)17-13/h2-5,10,14H,6-9H2,1H3. The molecule has 0 radical (unpaired) electrons. The normalized spacial score (nSPS) is 21.4. The van der Waals surface area contributed by atoms with E-state index >= 15 is 0 Å². The molecule has 1 aliphatic rings. The smallest absolute Gasteiger partial charge is 0.209 e. The number of nitrogens with one attached hydrogen (secondary N) is 1. The van der Waals surface area contributed by atoms with E-state index < -0.39 is 0 Å². The van der Waals surface area contributed by atoms with Crippen molar-refractivity contribution < 1.29 is 4.42 Å². The lowest BCUT2D eigenvalue weighted by Crippen LogP contribution is -2.29. The maximum absolute atomic E-state index is 5.73. The minimum absolute atomic E-state index is 0.611. The van der Waals surface area contributed by atoms with Crippen LogP contribution >= 0.6 is 0 Å². The molecule has 1 N–H and O–H groups in total. The van der Waals surface area contributed by atoms with Gasteiger partial charge in [0.2, 0.25) is 5.89 Å². The molecule has 0 saturated carbocycles. The molecule has 4 nitrogen and oxygen atoms in total. The van der Waals surface area contributed by atoms with Gasteiger partial charge in [0, 0.05) is 19.1 Å². The Labute approximate surface area is 101 Å². The first-order chi connectivity index (χ1) is 8.35. The number of hydrogen-bond donors (Lipinski definition) is 1. The zero-order chi connectivity index (χ0) is 11.7. The van der Waals surface area contributed by atoms with Crippen LogP contribution in [0.1, 0.15) is 12.3 Å². The molecule has 1 fully saturated rings. The Morgan fingerprint density at radius 1 is 1.47 bits per heavy atom. The van der Waals surface area contributed by atoms with Crippen molar-refractivity contribution in [1.82, 2.24) is 15.2 Å². The summed E-state index contributed by atoms with van der Waals surface area (Å²) in [6.45, 7) is 3.01. The van der Waals surface area contributed by atoms with Crippen LogP contribution in [0.25, 0.3) is 11.1 Å². The average Bonchev–Trinajstić information content (AvgIpc) is 2.94. The third kappa shape index (κ3) is 2.18. The Balaban J connectivity index is 1.73. The fourth-order valence-corrected chi connectivity index (χ4v) is 2.39. The Morgan fingerprint density at radius 3 is 3.12 bits per heavy atom. The zero-order valence-corrected chi connectivity index (χ0v) is 10.0. The van der Waals surface area contributed by atoms with Crippen molar-refractivity contribution >= 4 is 11.1 Å². The van der Waals surface area contributed by atoms with Crippen LogP contribution in [0.3, 0.4) is 0 Å². The van der Waals surface area contributed by atoms with Crippen LogP contribution in [0.15, 0.2) is 28.7 Å². The predicted molar refractivity (Wildman–Crippen MR) is 66.8 cm³/mol. The lowest BCUT2D eigenvalue weighted by Gasteiger charge is -2.12. The minimum atomic E-state index is 0.611. The van der Waals surface area contributed by atoms with Gasteiger partial charge in [0.05, 0.1) is 6.54 Å². The highest BCUT2D eigenvalue weighted by Gasteiger charge is 2.22. The van der Waals surface area contributed by atoms with Crippen molar-refractivity contribution in [2.24, 2.45) is 0 Å². The molecule has 1 unspecified atom stereocenters. The van der Waals surface area contributed by atoms with E-state index in [-0.39, 0.29) is 0 Å². The Kier molecular flexibility index (Phi) is 2.82. The van der Waals surface area contributed by atoms with Gasteiger partial charge < -0.3 is 9.73 Å². The topological polar surface area (TPSA) is 41.3 Å². The van der Waals surface area contributed by atoms with Crippen LogP contribution < -0.4 is 5.32 Å². The Morgan fingerprint density at radius 2 is 2.35 bits per heavy atom. The van der Waals surface area contributed by atoms with Gasteiger partial charge in [-0.25, -0.2) is 4.98 Å². The van der Waals surface area contributed by atoms with Crippen molar-refractivity contribution in [3.8, 4) is 0 Å². The van der Waals surface area contributed by atoms with E-state index in [0.29, 0.717) is 6.04 Å². The summed E-state index contributed by atoms with van der Waals surface area (Å²) in [7, 11) is 2.02. The molecule has 17 heavy (non-hydrogen) atoms. The van der Waals surface area contributed by atoms with E-state index in [1.54, 1.807) is 0 Å². The van der Waals surface area contributed by atoms with Crippen molar-refractivity contribution in [2.45, 2.75) is 19.0 Å². The highest BCUT2D eigenvalue weighted by atomic mass is 16.3. The maximum atomic E-state index is 5.73. The highest BCUT2D eigenvalue weighted by molar-refractivity contribution is 5.72. The number of fused-ring (bicyclic) bond motifs is 1. The highest BCUT2D eigenvalue weighted by Crippen LogP contribution is 2.18. The van der Waals surface area contributed by atoms with Gasteiger partial charge in [-0.2, -0.15) is 0 Å². The number of likely N-dealkylation sites (N-methyl/N-ethyl adjacent to an activating group) is 1. The van der Waals surface area contributed by atoms with E-state index in [9.17, 15) is 0 Å². The Hall–Kier alpha value is -1.39. The van der Waals surface area contributed by atoms with Gasteiger partial charge in [0.1, 0.15) is 5.52 Å². The lowest BCUT2D eigenvalue weighted by atomic mass is 10.3. The monoisotopic (exact) mass is 231 g/mol. The van der Waals surface area contributed by atoms with Gasteiger partial charge in [-0.3, -0.25) is 4.90 Å². The molecule has 0 aliphatic carbocycles. The number of oxazole rings is 1. The summed E-state index contributed by atoms with van der Waals surface area (Å²) in [6.07, 6.45) is 1.21. The average molecular weight is 231 g/mol. The quantitative estimate of drug-likeness (QED) is 0.871. The summed E-state index contributed by atoms with van der Waals surface area (Å²) < 4.78 is 5.73. The summed E-state index contributed by atoms with van der Waals surface area (Å²) >= 11 is 0. The van der Waals surface area contributed by atoms with Crippen LogP contribution in [-0.4, -0.2) is 36.1 Å². The summed E-state index contributed by atoms with van der Waals surface area (Å²) in [5.74, 6) is 0.822. The van der Waals surface area contributed by atoms with Crippen molar-refractivity contribution in [3.63, 3.8) is 0 Å². The van der Waals surface area contributed by atoms with Crippen LogP contribution in [-0.2, 0) is 6.54 Å². The molecule has 1 aromatic carbocycles. The second-order valence-electron chi connectivity index (χ2n) is 4.58. The molecule has 1 atom stereocenters. The molecule has 0 amide bonds. The molecule has 0 bridgehead atoms. The predicted octanol–water partition coefficient (Wildman–Crippen LogP) is 1.62. The number of likely N-dealkylation sites (tertiary alicyclic amines) is 1. The Bertz CT molecular complexity index is 475. The number of para-hydroxylation sites is 2. The fraction of sp³-hybridized carbons (Fsp3) is 0.462. The van der Waals surface area contributed by atoms with Gasteiger partial charge in [-0.05, 0) is 25.6 Å². The molecule has 1 aromatic heterocycles. The molecular formula is C13H17N3O. The molecule has 3 rings (SSSR count). The maximum Gasteiger partial charge on any atom is 0.209 e. The van der Waals surface area contributed by atoms with Gasteiger partial charge in [0.25, 0.3) is 0 Å². The van der Waals surface area contributed by atoms with Gasteiger partial charge in [-0.1, -0.05) is 12.1 Å². The molecule has 90 valence electrons. The summed E-state index contributed by atoms with van der Waals surface area (Å²) in [4.78, 5) is 6.88. The number of aromatic nitrogens is 1. The summed E-state index contributed by atoms with van der Waals surface area (Å²) in [5.41, 5.74) is 1.83. The van der Waals surface area contributed by atoms with Crippen LogP contribution in [0.4, 0.5) is 0 Å². The first-order valence-electron chi connectivity index (χ1n) is 6.09. The van der Waals surface area contributed by atoms with Crippen LogP contribution in [0.5, 0.6) is 0 Å². The first kappa shape index (κ1) is 10.7. The number of benzene rings is 1. The van der Waals surface area contributed by atoms with Crippen LogP contribution in [0, 0.1) is 0 Å². The van der Waals surface area contributed by atoms with Crippen molar-refractivity contribution in [3.05, 3.63) is 30.2 Å². The largest absolute Gasteiger partial charge is 0.439 e. The zero-order valence-electron chi connectivity index (χ0n) is 10.0. The molecule has 1 saturated heterocycles.